The van der Waals surface area contributed by atoms with Gasteiger partial charge in [-0.1, -0.05) is 15.9 Å². The lowest BCUT2D eigenvalue weighted by molar-refractivity contribution is -0.162. The Hall–Kier alpha value is -0.630. The first kappa shape index (κ1) is 22.4. The Morgan fingerprint density at radius 1 is 1.24 bits per heavy atom. The fourth-order valence-corrected chi connectivity index (χ4v) is 4.49. The van der Waals surface area contributed by atoms with Gasteiger partial charge in [0, 0.05) is 13.4 Å². The van der Waals surface area contributed by atoms with E-state index in [4.69, 9.17) is 4.55 Å². The van der Waals surface area contributed by atoms with Gasteiger partial charge in [-0.25, -0.2) is 9.59 Å². The molecule has 1 N–H and O–H groups in total. The Bertz CT molecular complexity index is 775. The predicted octanol–water partition coefficient (Wildman–Crippen LogP) is 3.54. The highest BCUT2D eigenvalue weighted by molar-refractivity contribution is 9.11. The maximum atomic E-state index is 13.3. The largest absolute Gasteiger partial charge is 0.452 e. The first-order valence-corrected chi connectivity index (χ1v) is 9.95. The quantitative estimate of drug-likeness (QED) is 0.409. The summed E-state index contributed by atoms with van der Waals surface area (Å²) in [6.07, 6.45) is -2.49. The van der Waals surface area contributed by atoms with Crippen LogP contribution in [-0.4, -0.2) is 42.9 Å². The summed E-state index contributed by atoms with van der Waals surface area (Å²) in [5.41, 5.74) is 0.0346. The number of hydrogen-bond acceptors (Lipinski definition) is 6. The minimum absolute atomic E-state index is 0.0346. The van der Waals surface area contributed by atoms with Crippen LogP contribution in [0.1, 0.15) is 17.3 Å². The highest BCUT2D eigenvalue weighted by Gasteiger charge is 2.52. The van der Waals surface area contributed by atoms with Gasteiger partial charge < -0.3 is 9.47 Å². The molecular formula is C12H9Br3F2O7S. The molecule has 1 unspecified atom stereocenters. The molecule has 0 heterocycles. The lowest BCUT2D eigenvalue weighted by Crippen LogP contribution is -2.42. The molecule has 0 saturated carbocycles. The number of alkyl halides is 2. The van der Waals surface area contributed by atoms with E-state index in [0.717, 1.165) is 0 Å². The topological polar surface area (TPSA) is 107 Å². The molecule has 0 aromatic heterocycles. The molecule has 0 amide bonds. The van der Waals surface area contributed by atoms with Gasteiger partial charge in [-0.2, -0.15) is 17.2 Å². The summed E-state index contributed by atoms with van der Waals surface area (Å²) in [5, 5.41) is -4.70. The third-order valence-electron chi connectivity index (χ3n) is 2.66. The Labute approximate surface area is 166 Å². The van der Waals surface area contributed by atoms with E-state index in [1.165, 1.54) is 12.1 Å². The number of halogens is 5. The van der Waals surface area contributed by atoms with Crippen LogP contribution in [0.25, 0.3) is 0 Å². The summed E-state index contributed by atoms with van der Waals surface area (Å²) >= 11 is 9.44. The van der Waals surface area contributed by atoms with Crippen LogP contribution in [0, 0.1) is 0 Å². The Balaban J connectivity index is 2.73. The van der Waals surface area contributed by atoms with Crippen molar-refractivity contribution in [2.24, 2.45) is 0 Å². The van der Waals surface area contributed by atoms with Crippen LogP contribution in [0.4, 0.5) is 8.78 Å². The van der Waals surface area contributed by atoms with Crippen molar-refractivity contribution in [3.63, 3.8) is 0 Å². The minimum atomic E-state index is -5.77. The lowest BCUT2D eigenvalue weighted by atomic mass is 10.2. The monoisotopic (exact) mass is 572 g/mol. The number of ether oxygens (including phenoxy) is 2. The van der Waals surface area contributed by atoms with Crippen LogP contribution in [0.2, 0.25) is 0 Å². The Kier molecular flexibility index (Phi) is 7.51. The third kappa shape index (κ3) is 5.67. The van der Waals surface area contributed by atoms with E-state index >= 15 is 0 Å². The molecule has 0 aliphatic heterocycles. The predicted molar refractivity (Wildman–Crippen MR) is 91.9 cm³/mol. The smallest absolute Gasteiger partial charge is 0.405 e. The second-order valence-corrected chi connectivity index (χ2v) is 8.61. The zero-order chi connectivity index (χ0) is 19.6. The highest BCUT2D eigenvalue weighted by Crippen LogP contribution is 2.30. The van der Waals surface area contributed by atoms with Gasteiger partial charge in [0.05, 0.1) is 5.56 Å². The maximum Gasteiger partial charge on any atom is 0.405 e. The first-order chi connectivity index (χ1) is 11.3. The molecule has 0 aliphatic rings. The molecule has 7 nitrogen and oxygen atoms in total. The standard InChI is InChI=1S/C12H9Br3F2O7S/c1-5(12(16,17)25(20,21)22)24-9(18)4-23-11(19)10-7(14)2-6(13)3-8(10)15/h2-3,5H,4H2,1H3,(H,20,21,22). The summed E-state index contributed by atoms with van der Waals surface area (Å²) in [6, 6.07) is 3.07. The number of carbonyl (C=O) groups excluding carboxylic acids is 2. The van der Waals surface area contributed by atoms with Crippen LogP contribution in [0.15, 0.2) is 25.6 Å². The van der Waals surface area contributed by atoms with Crippen LogP contribution in [0.3, 0.4) is 0 Å². The van der Waals surface area contributed by atoms with Gasteiger partial charge in [0.25, 0.3) is 0 Å². The van der Waals surface area contributed by atoms with Crippen LogP contribution in [-0.2, 0) is 24.4 Å². The van der Waals surface area contributed by atoms with E-state index in [2.05, 4.69) is 57.3 Å². The minimum Gasteiger partial charge on any atom is -0.452 e. The van der Waals surface area contributed by atoms with Gasteiger partial charge in [-0.15, -0.1) is 0 Å². The summed E-state index contributed by atoms with van der Waals surface area (Å²) in [5.74, 6) is -2.38. The first-order valence-electron chi connectivity index (χ1n) is 6.13. The number of carbonyl (C=O) groups is 2. The van der Waals surface area contributed by atoms with E-state index in [0.29, 0.717) is 20.3 Å². The third-order valence-corrected chi connectivity index (χ3v) is 5.39. The summed E-state index contributed by atoms with van der Waals surface area (Å²) in [6.45, 7) is -0.477. The molecule has 1 rings (SSSR count). The van der Waals surface area contributed by atoms with Crippen LogP contribution >= 0.6 is 47.8 Å². The fraction of sp³-hybridized carbons (Fsp3) is 0.333. The fourth-order valence-electron chi connectivity index (χ4n) is 1.44. The van der Waals surface area contributed by atoms with Gasteiger partial charge in [0.15, 0.2) is 12.7 Å². The van der Waals surface area contributed by atoms with E-state index in [9.17, 15) is 26.8 Å². The summed E-state index contributed by atoms with van der Waals surface area (Å²) in [7, 11) is -5.77. The zero-order valence-electron chi connectivity index (χ0n) is 12.1. The molecule has 0 spiro atoms. The Morgan fingerprint density at radius 2 is 1.72 bits per heavy atom. The van der Waals surface area contributed by atoms with Crippen molar-refractivity contribution in [2.75, 3.05) is 6.61 Å². The van der Waals surface area contributed by atoms with Crippen molar-refractivity contribution >= 4 is 69.8 Å². The molecule has 0 aliphatic carbocycles. The molecule has 140 valence electrons. The molecule has 0 saturated heterocycles. The molecule has 25 heavy (non-hydrogen) atoms. The van der Waals surface area contributed by atoms with Crippen molar-refractivity contribution in [2.45, 2.75) is 18.3 Å². The number of rotatable bonds is 6. The zero-order valence-corrected chi connectivity index (χ0v) is 17.7. The highest BCUT2D eigenvalue weighted by atomic mass is 79.9. The Morgan fingerprint density at radius 3 is 2.16 bits per heavy atom. The van der Waals surface area contributed by atoms with Crippen LogP contribution < -0.4 is 0 Å². The van der Waals surface area contributed by atoms with Gasteiger partial charge in [0.1, 0.15) is 0 Å². The summed E-state index contributed by atoms with van der Waals surface area (Å²) < 4.78 is 66.1. The van der Waals surface area contributed by atoms with Gasteiger partial charge >= 0.3 is 27.3 Å². The number of benzene rings is 1. The van der Waals surface area contributed by atoms with Gasteiger partial charge in [-0.3, -0.25) is 4.55 Å². The number of hydrogen-bond donors (Lipinski definition) is 1. The maximum absolute atomic E-state index is 13.3. The second-order valence-electron chi connectivity index (χ2n) is 4.49. The number of esters is 2. The summed E-state index contributed by atoms with van der Waals surface area (Å²) in [4.78, 5) is 23.4. The molecule has 1 atom stereocenters. The van der Waals surface area contributed by atoms with Gasteiger partial charge in [0.2, 0.25) is 0 Å². The molecule has 0 bridgehead atoms. The molecule has 13 heteroatoms. The van der Waals surface area contributed by atoms with E-state index in [-0.39, 0.29) is 5.56 Å². The van der Waals surface area contributed by atoms with Crippen molar-refractivity contribution in [1.82, 2.24) is 0 Å². The van der Waals surface area contributed by atoms with Crippen molar-refractivity contribution in [3.05, 3.63) is 31.1 Å². The van der Waals surface area contributed by atoms with Crippen molar-refractivity contribution in [1.29, 1.82) is 0 Å². The van der Waals surface area contributed by atoms with Crippen LogP contribution in [0.5, 0.6) is 0 Å². The van der Waals surface area contributed by atoms with E-state index in [1.54, 1.807) is 0 Å². The van der Waals surface area contributed by atoms with Crippen molar-refractivity contribution < 1.29 is 40.8 Å². The SMILES string of the molecule is CC(OC(=O)COC(=O)c1c(Br)cc(Br)cc1Br)C(F)(F)S(=O)(=O)O. The molecule has 0 fully saturated rings. The van der Waals surface area contributed by atoms with E-state index in [1.807, 2.05) is 0 Å². The molecule has 0 radical (unpaired) electrons. The average molecular weight is 575 g/mol. The average Bonchev–Trinajstić information content (AvgIpc) is 2.42. The van der Waals surface area contributed by atoms with E-state index < -0.39 is 40.0 Å². The second kappa shape index (κ2) is 8.37. The molecular weight excluding hydrogens is 566 g/mol. The van der Waals surface area contributed by atoms with Gasteiger partial charge in [-0.05, 0) is 50.9 Å². The molecule has 1 aromatic carbocycles. The lowest BCUT2D eigenvalue weighted by Gasteiger charge is -2.20. The molecule has 1 aromatic rings. The van der Waals surface area contributed by atoms with Crippen molar-refractivity contribution in [3.8, 4) is 0 Å². The normalized spacial score (nSPS) is 13.2.